The minimum atomic E-state index is -3.69. The number of nitrogens with zero attached hydrogens (tertiary/aromatic N) is 2. The summed E-state index contributed by atoms with van der Waals surface area (Å²) >= 11 is 0. The van der Waals surface area contributed by atoms with E-state index in [0.717, 1.165) is 30.2 Å². The fourth-order valence-corrected chi connectivity index (χ4v) is 6.02. The van der Waals surface area contributed by atoms with Crippen molar-refractivity contribution >= 4 is 26.6 Å². The van der Waals surface area contributed by atoms with Crippen LogP contribution in [0.25, 0.3) is 10.9 Å². The van der Waals surface area contributed by atoms with Crippen LogP contribution < -0.4 is 4.31 Å². The van der Waals surface area contributed by atoms with Crippen LogP contribution in [0.2, 0.25) is 0 Å². The molecule has 0 atom stereocenters. The first-order chi connectivity index (χ1) is 15.6. The standard InChI is InChI=1S/C27H36N2O2S/c1-3-5-6-7-8-9-10-11-16-23-17-12-13-21-26(23)32(30,31)29(4-2)25-20-14-18-24-19-15-22-28-27(24)25/h12-15,17-22H,3-11,16H2,1-2H3. The van der Waals surface area contributed by atoms with E-state index in [2.05, 4.69) is 11.9 Å². The van der Waals surface area contributed by atoms with E-state index in [9.17, 15) is 8.42 Å². The van der Waals surface area contributed by atoms with Crippen LogP contribution in [0.1, 0.15) is 70.8 Å². The SMILES string of the molecule is CCCCCCCCCCc1ccccc1S(=O)(=O)N(CC)c1cccc2cccnc12. The quantitative estimate of drug-likeness (QED) is 0.259. The van der Waals surface area contributed by atoms with Crippen molar-refractivity contribution in [3.8, 4) is 0 Å². The van der Waals surface area contributed by atoms with Gasteiger partial charge in [0.15, 0.2) is 0 Å². The molecule has 1 heterocycles. The Morgan fingerprint density at radius 1 is 0.781 bits per heavy atom. The third kappa shape index (κ3) is 5.89. The zero-order chi connectivity index (χ0) is 22.8. The Hall–Kier alpha value is -2.40. The molecular formula is C27H36N2O2S. The Labute approximate surface area is 193 Å². The number of sulfonamides is 1. The first-order valence-electron chi connectivity index (χ1n) is 12.0. The van der Waals surface area contributed by atoms with Gasteiger partial charge in [-0.05, 0) is 43.5 Å². The molecule has 0 aliphatic heterocycles. The van der Waals surface area contributed by atoms with Gasteiger partial charge < -0.3 is 0 Å². The largest absolute Gasteiger partial charge is 0.264 e. The molecule has 32 heavy (non-hydrogen) atoms. The molecule has 0 saturated carbocycles. The van der Waals surface area contributed by atoms with E-state index in [1.165, 1.54) is 42.8 Å². The predicted molar refractivity (Wildman–Crippen MR) is 135 cm³/mol. The molecule has 5 heteroatoms. The van der Waals surface area contributed by atoms with Crippen LogP contribution in [-0.2, 0) is 16.4 Å². The molecule has 0 saturated heterocycles. The van der Waals surface area contributed by atoms with E-state index in [4.69, 9.17) is 0 Å². The van der Waals surface area contributed by atoms with E-state index >= 15 is 0 Å². The Morgan fingerprint density at radius 2 is 1.47 bits per heavy atom. The molecule has 0 aliphatic carbocycles. The number of rotatable bonds is 13. The van der Waals surface area contributed by atoms with Gasteiger partial charge in [-0.2, -0.15) is 0 Å². The Kier molecular flexibility index (Phi) is 9.10. The van der Waals surface area contributed by atoms with Crippen LogP contribution in [-0.4, -0.2) is 19.9 Å². The van der Waals surface area contributed by atoms with Crippen molar-refractivity contribution in [1.82, 2.24) is 4.98 Å². The minimum Gasteiger partial charge on any atom is -0.264 e. The number of aryl methyl sites for hydroxylation is 1. The molecule has 3 aromatic rings. The molecule has 0 bridgehead atoms. The van der Waals surface area contributed by atoms with E-state index in [1.54, 1.807) is 12.3 Å². The van der Waals surface area contributed by atoms with Crippen LogP contribution in [0, 0.1) is 0 Å². The highest BCUT2D eigenvalue weighted by atomic mass is 32.2. The van der Waals surface area contributed by atoms with Crippen molar-refractivity contribution in [3.63, 3.8) is 0 Å². The molecule has 0 N–H and O–H groups in total. The molecule has 4 nitrogen and oxygen atoms in total. The first kappa shape index (κ1) is 24.2. The summed E-state index contributed by atoms with van der Waals surface area (Å²) in [5, 5.41) is 0.936. The van der Waals surface area contributed by atoms with Crippen LogP contribution in [0.3, 0.4) is 0 Å². The topological polar surface area (TPSA) is 50.3 Å². The molecule has 172 valence electrons. The summed E-state index contributed by atoms with van der Waals surface area (Å²) < 4.78 is 29.0. The molecule has 0 fully saturated rings. The summed E-state index contributed by atoms with van der Waals surface area (Å²) in [5.41, 5.74) is 2.25. The molecule has 0 aliphatic rings. The number of hydrogen-bond acceptors (Lipinski definition) is 3. The van der Waals surface area contributed by atoms with E-state index in [-0.39, 0.29) is 0 Å². The Bertz CT molecular complexity index is 1090. The van der Waals surface area contributed by atoms with Crippen molar-refractivity contribution in [2.75, 3.05) is 10.8 Å². The van der Waals surface area contributed by atoms with Gasteiger partial charge in [0.1, 0.15) is 0 Å². The highest BCUT2D eigenvalue weighted by Crippen LogP contribution is 2.31. The van der Waals surface area contributed by atoms with Crippen molar-refractivity contribution in [2.24, 2.45) is 0 Å². The molecule has 0 radical (unpaired) electrons. The van der Waals surface area contributed by atoms with Crippen LogP contribution in [0.5, 0.6) is 0 Å². The smallest absolute Gasteiger partial charge is 0.264 e. The van der Waals surface area contributed by atoms with Crippen LogP contribution >= 0.6 is 0 Å². The summed E-state index contributed by atoms with van der Waals surface area (Å²) in [7, 11) is -3.69. The summed E-state index contributed by atoms with van der Waals surface area (Å²) in [6, 6.07) is 17.0. The summed E-state index contributed by atoms with van der Waals surface area (Å²) in [6.07, 6.45) is 12.4. The fourth-order valence-electron chi connectivity index (χ4n) is 4.29. The molecule has 1 aromatic heterocycles. The first-order valence-corrected chi connectivity index (χ1v) is 13.5. The van der Waals surface area contributed by atoms with Crippen molar-refractivity contribution < 1.29 is 8.42 Å². The fraction of sp³-hybridized carbons (Fsp3) is 0.444. The third-order valence-electron chi connectivity index (χ3n) is 6.01. The van der Waals surface area contributed by atoms with Gasteiger partial charge in [0.2, 0.25) is 0 Å². The number of unbranched alkanes of at least 4 members (excludes halogenated alkanes) is 7. The van der Waals surface area contributed by atoms with Gasteiger partial charge in [-0.1, -0.05) is 88.3 Å². The lowest BCUT2D eigenvalue weighted by Gasteiger charge is -2.25. The number of benzene rings is 2. The van der Waals surface area contributed by atoms with Gasteiger partial charge in [0.05, 0.1) is 16.1 Å². The van der Waals surface area contributed by atoms with Crippen molar-refractivity contribution in [1.29, 1.82) is 0 Å². The molecule has 3 rings (SSSR count). The monoisotopic (exact) mass is 452 g/mol. The number of para-hydroxylation sites is 1. The summed E-state index contributed by atoms with van der Waals surface area (Å²) in [6.45, 7) is 4.46. The number of fused-ring (bicyclic) bond motifs is 1. The summed E-state index contributed by atoms with van der Waals surface area (Å²) in [5.74, 6) is 0. The average molecular weight is 453 g/mol. The lowest BCUT2D eigenvalue weighted by Crippen LogP contribution is -2.31. The molecular weight excluding hydrogens is 416 g/mol. The number of anilines is 1. The van der Waals surface area contributed by atoms with Crippen molar-refractivity contribution in [2.45, 2.75) is 76.5 Å². The van der Waals surface area contributed by atoms with Gasteiger partial charge in [-0.3, -0.25) is 9.29 Å². The lowest BCUT2D eigenvalue weighted by molar-refractivity contribution is 0.572. The number of hydrogen-bond donors (Lipinski definition) is 0. The van der Waals surface area contributed by atoms with Gasteiger partial charge in [0, 0.05) is 18.1 Å². The van der Waals surface area contributed by atoms with Gasteiger partial charge >= 0.3 is 0 Å². The number of pyridine rings is 1. The maximum absolute atomic E-state index is 13.8. The minimum absolute atomic E-state index is 0.351. The maximum atomic E-state index is 13.8. The highest BCUT2D eigenvalue weighted by Gasteiger charge is 2.27. The molecule has 0 spiro atoms. The highest BCUT2D eigenvalue weighted by molar-refractivity contribution is 7.93. The van der Waals surface area contributed by atoms with E-state index < -0.39 is 10.0 Å². The molecule has 0 unspecified atom stereocenters. The zero-order valence-corrected chi connectivity index (χ0v) is 20.3. The van der Waals surface area contributed by atoms with E-state index in [1.807, 2.05) is 55.5 Å². The lowest BCUT2D eigenvalue weighted by atomic mass is 10.0. The Balaban J connectivity index is 1.76. The van der Waals surface area contributed by atoms with Gasteiger partial charge in [-0.15, -0.1) is 0 Å². The Morgan fingerprint density at radius 3 is 2.22 bits per heavy atom. The molecule has 0 amide bonds. The van der Waals surface area contributed by atoms with Gasteiger partial charge in [-0.25, -0.2) is 8.42 Å². The van der Waals surface area contributed by atoms with E-state index in [0.29, 0.717) is 22.6 Å². The zero-order valence-electron chi connectivity index (χ0n) is 19.5. The van der Waals surface area contributed by atoms with Crippen LogP contribution in [0.15, 0.2) is 65.7 Å². The average Bonchev–Trinajstić information content (AvgIpc) is 2.81. The second-order valence-electron chi connectivity index (χ2n) is 8.35. The summed E-state index contributed by atoms with van der Waals surface area (Å²) in [4.78, 5) is 4.88. The predicted octanol–water partition coefficient (Wildman–Crippen LogP) is 7.13. The normalized spacial score (nSPS) is 11.7. The second-order valence-corrected chi connectivity index (χ2v) is 10.2. The third-order valence-corrected chi connectivity index (χ3v) is 8.00. The molecule has 2 aromatic carbocycles. The van der Waals surface area contributed by atoms with Crippen molar-refractivity contribution in [3.05, 3.63) is 66.4 Å². The second kappa shape index (κ2) is 12.0. The maximum Gasteiger partial charge on any atom is 0.264 e. The van der Waals surface area contributed by atoms with Crippen LogP contribution in [0.4, 0.5) is 5.69 Å². The number of aromatic nitrogens is 1. The van der Waals surface area contributed by atoms with Gasteiger partial charge in [0.25, 0.3) is 10.0 Å².